The first-order valence-corrected chi connectivity index (χ1v) is 11.7. The topological polar surface area (TPSA) is 55.8 Å². The highest BCUT2D eigenvalue weighted by molar-refractivity contribution is 14.0. The number of benzene rings is 1. The number of pyridine rings is 1. The van der Waals surface area contributed by atoms with E-state index >= 15 is 0 Å². The monoisotopic (exact) mass is 566 g/mol. The van der Waals surface area contributed by atoms with Crippen LogP contribution in [0.2, 0.25) is 0 Å². The predicted molar refractivity (Wildman–Crippen MR) is 144 cm³/mol. The summed E-state index contributed by atoms with van der Waals surface area (Å²) in [7, 11) is 1.78. The molecule has 3 heterocycles. The van der Waals surface area contributed by atoms with Crippen LogP contribution in [0.25, 0.3) is 0 Å². The van der Waals surface area contributed by atoms with E-state index in [9.17, 15) is 4.39 Å². The van der Waals surface area contributed by atoms with Gasteiger partial charge in [-0.1, -0.05) is 31.2 Å². The summed E-state index contributed by atoms with van der Waals surface area (Å²) in [5.74, 6) is 1.74. The summed E-state index contributed by atoms with van der Waals surface area (Å²) in [6.07, 6.45) is 5.22. The number of guanidine groups is 1. The van der Waals surface area contributed by atoms with Crippen molar-refractivity contribution in [1.29, 1.82) is 0 Å². The van der Waals surface area contributed by atoms with Gasteiger partial charge in [0.25, 0.3) is 0 Å². The molecule has 4 rings (SSSR count). The lowest BCUT2D eigenvalue weighted by Gasteiger charge is -2.30. The van der Waals surface area contributed by atoms with E-state index in [4.69, 9.17) is 0 Å². The summed E-state index contributed by atoms with van der Waals surface area (Å²) in [6.45, 7) is 8.00. The molecule has 1 aromatic heterocycles. The van der Waals surface area contributed by atoms with Gasteiger partial charge < -0.3 is 15.5 Å². The maximum atomic E-state index is 14.0. The second-order valence-electron chi connectivity index (χ2n) is 9.11. The number of nitrogens with one attached hydrogen (secondary N) is 2. The van der Waals surface area contributed by atoms with Crippen LogP contribution in [0.15, 0.2) is 47.6 Å². The smallest absolute Gasteiger partial charge is 0.191 e. The van der Waals surface area contributed by atoms with Crippen LogP contribution in [0.3, 0.4) is 0 Å². The molecule has 2 fully saturated rings. The highest BCUT2D eigenvalue weighted by Crippen LogP contribution is 2.21. The van der Waals surface area contributed by atoms with Gasteiger partial charge in [0.1, 0.15) is 0 Å². The lowest BCUT2D eigenvalue weighted by molar-refractivity contribution is 0.176. The Bertz CT molecular complexity index is 906. The molecule has 0 radical (unpaired) electrons. The average Bonchev–Trinajstić information content (AvgIpc) is 3.26. The number of hydrogen-bond acceptors (Lipinski definition) is 4. The number of hydrogen-bond donors (Lipinski definition) is 2. The number of nitrogens with zero attached hydrogens (tertiary/aromatic N) is 4. The quantitative estimate of drug-likeness (QED) is 0.315. The van der Waals surface area contributed by atoms with E-state index in [0.29, 0.717) is 18.9 Å². The fraction of sp³-hybridized carbons (Fsp3) is 0.520. The largest absolute Gasteiger partial charge is 0.352 e. The average molecular weight is 567 g/mol. The second-order valence-corrected chi connectivity index (χ2v) is 9.11. The van der Waals surface area contributed by atoms with E-state index < -0.39 is 0 Å². The Morgan fingerprint density at radius 2 is 1.91 bits per heavy atom. The number of rotatable bonds is 6. The van der Waals surface area contributed by atoms with Crippen molar-refractivity contribution in [2.75, 3.05) is 38.1 Å². The SMILES string of the molecule is CN=C(NCc1ccc(CN2CCCC(C)C2)cc1)NC1CCN(c2ncccc2F)C1.I. The van der Waals surface area contributed by atoms with Crippen LogP contribution in [0.5, 0.6) is 0 Å². The van der Waals surface area contributed by atoms with Crippen LogP contribution in [-0.4, -0.2) is 55.1 Å². The van der Waals surface area contributed by atoms with Gasteiger partial charge in [0, 0.05) is 52.0 Å². The van der Waals surface area contributed by atoms with Crippen molar-refractivity contribution in [1.82, 2.24) is 20.5 Å². The van der Waals surface area contributed by atoms with Crippen molar-refractivity contribution < 1.29 is 4.39 Å². The molecule has 2 N–H and O–H groups in total. The van der Waals surface area contributed by atoms with Gasteiger partial charge in [-0.15, -0.1) is 24.0 Å². The third-order valence-corrected chi connectivity index (χ3v) is 6.42. The number of aromatic nitrogens is 1. The van der Waals surface area contributed by atoms with Gasteiger partial charge in [0.15, 0.2) is 17.6 Å². The molecule has 1 aromatic carbocycles. The summed E-state index contributed by atoms with van der Waals surface area (Å²) in [4.78, 5) is 13.1. The van der Waals surface area contributed by atoms with E-state index in [1.807, 2.05) is 4.90 Å². The Balaban J connectivity index is 0.00000306. The van der Waals surface area contributed by atoms with Gasteiger partial charge in [0.2, 0.25) is 0 Å². The highest BCUT2D eigenvalue weighted by Gasteiger charge is 2.26. The summed E-state index contributed by atoms with van der Waals surface area (Å²) in [5.41, 5.74) is 2.60. The van der Waals surface area contributed by atoms with Crippen LogP contribution >= 0.6 is 24.0 Å². The minimum atomic E-state index is -0.270. The molecule has 6 nitrogen and oxygen atoms in total. The normalized spacial score (nSPS) is 21.5. The zero-order chi connectivity index (χ0) is 22.3. The third kappa shape index (κ3) is 7.27. The molecule has 2 aromatic rings. The number of anilines is 1. The van der Waals surface area contributed by atoms with Crippen molar-refractivity contribution in [2.24, 2.45) is 10.9 Å². The van der Waals surface area contributed by atoms with Crippen molar-refractivity contribution in [2.45, 2.75) is 45.3 Å². The fourth-order valence-corrected chi connectivity index (χ4v) is 4.71. The van der Waals surface area contributed by atoms with Crippen LogP contribution in [0.1, 0.15) is 37.3 Å². The van der Waals surface area contributed by atoms with Gasteiger partial charge in [-0.3, -0.25) is 9.89 Å². The highest BCUT2D eigenvalue weighted by atomic mass is 127. The Morgan fingerprint density at radius 3 is 2.64 bits per heavy atom. The zero-order valence-electron chi connectivity index (χ0n) is 19.6. The van der Waals surface area contributed by atoms with Gasteiger partial charge in [-0.2, -0.15) is 0 Å². The molecule has 2 aliphatic rings. The van der Waals surface area contributed by atoms with Crippen LogP contribution in [0.4, 0.5) is 10.2 Å². The van der Waals surface area contributed by atoms with E-state index in [1.165, 1.54) is 43.1 Å². The molecule has 180 valence electrons. The molecular weight excluding hydrogens is 530 g/mol. The lowest BCUT2D eigenvalue weighted by atomic mass is 9.99. The molecule has 2 aliphatic heterocycles. The number of aliphatic imine (C=N–C) groups is 1. The maximum absolute atomic E-state index is 14.0. The molecular formula is C25H36FIN6. The minimum Gasteiger partial charge on any atom is -0.352 e. The summed E-state index contributed by atoms with van der Waals surface area (Å²) < 4.78 is 14.0. The van der Waals surface area contributed by atoms with Gasteiger partial charge in [-0.05, 0) is 55.0 Å². The Hall–Kier alpha value is -1.94. The molecule has 0 bridgehead atoms. The van der Waals surface area contributed by atoms with Crippen LogP contribution in [0, 0.1) is 11.7 Å². The standard InChI is InChI=1S/C25H35FN6.HI/c1-19-5-4-13-31(16-19)17-21-9-7-20(8-10-21)15-29-25(27-2)30-22-11-14-32(18-22)24-23(26)6-3-12-28-24;/h3,6-10,12,19,22H,4-5,11,13-18H2,1-2H3,(H2,27,29,30);1H. The van der Waals surface area contributed by atoms with E-state index in [-0.39, 0.29) is 35.8 Å². The van der Waals surface area contributed by atoms with Crippen LogP contribution in [-0.2, 0) is 13.1 Å². The summed E-state index contributed by atoms with van der Waals surface area (Å²) >= 11 is 0. The first-order chi connectivity index (χ1) is 15.6. The van der Waals surface area contributed by atoms with Crippen molar-refractivity contribution >= 4 is 35.8 Å². The van der Waals surface area contributed by atoms with Crippen LogP contribution < -0.4 is 15.5 Å². The third-order valence-electron chi connectivity index (χ3n) is 6.42. The number of halogens is 2. The van der Waals surface area contributed by atoms with Gasteiger partial charge in [-0.25, -0.2) is 9.37 Å². The molecule has 8 heteroatoms. The molecule has 0 spiro atoms. The van der Waals surface area contributed by atoms with Crippen molar-refractivity contribution in [3.8, 4) is 0 Å². The fourth-order valence-electron chi connectivity index (χ4n) is 4.71. The Kier molecular flexibility index (Phi) is 9.73. The van der Waals surface area contributed by atoms with Crippen molar-refractivity contribution in [3.63, 3.8) is 0 Å². The second kappa shape index (κ2) is 12.5. The van der Waals surface area contributed by atoms with Crippen molar-refractivity contribution in [3.05, 3.63) is 59.5 Å². The minimum absolute atomic E-state index is 0. The summed E-state index contributed by atoms with van der Waals surface area (Å²) in [5, 5.41) is 6.87. The molecule has 33 heavy (non-hydrogen) atoms. The first kappa shape index (κ1) is 25.7. The van der Waals surface area contributed by atoms with E-state index in [0.717, 1.165) is 31.4 Å². The zero-order valence-corrected chi connectivity index (χ0v) is 22.0. The predicted octanol–water partition coefficient (Wildman–Crippen LogP) is 4.01. The first-order valence-electron chi connectivity index (χ1n) is 11.7. The molecule has 2 atom stereocenters. The maximum Gasteiger partial charge on any atom is 0.191 e. The van der Waals surface area contributed by atoms with E-state index in [1.54, 1.807) is 19.3 Å². The molecule has 0 saturated carbocycles. The van der Waals surface area contributed by atoms with Gasteiger partial charge in [0.05, 0.1) is 0 Å². The van der Waals surface area contributed by atoms with E-state index in [2.05, 4.69) is 56.7 Å². The molecule has 2 unspecified atom stereocenters. The Morgan fingerprint density at radius 1 is 1.12 bits per heavy atom. The molecule has 2 saturated heterocycles. The molecule has 0 amide bonds. The van der Waals surface area contributed by atoms with Gasteiger partial charge >= 0.3 is 0 Å². The lowest BCUT2D eigenvalue weighted by Crippen LogP contribution is -2.44. The Labute approximate surface area is 214 Å². The number of likely N-dealkylation sites (tertiary alicyclic amines) is 1. The summed E-state index contributed by atoms with van der Waals surface area (Å²) in [6, 6.07) is 12.2. The molecule has 0 aliphatic carbocycles. The number of piperidine rings is 1.